The lowest BCUT2D eigenvalue weighted by Crippen LogP contribution is -2.64. The van der Waals surface area contributed by atoms with Crippen molar-refractivity contribution >= 4 is 11.0 Å². The number of aliphatic hydroxyl groups is 6. The van der Waals surface area contributed by atoms with E-state index < -0.39 is 84.9 Å². The third-order valence-electron chi connectivity index (χ3n) is 7.22. The summed E-state index contributed by atoms with van der Waals surface area (Å²) in [4.78, 5) is 12.8. The molecule has 15 nitrogen and oxygen atoms in total. The Labute approximate surface area is 236 Å². The molecule has 2 aliphatic rings. The van der Waals surface area contributed by atoms with E-state index in [9.17, 15) is 50.8 Å². The molecule has 10 atom stereocenters. The summed E-state index contributed by atoms with van der Waals surface area (Å²) in [5, 5.41) is 91.3. The lowest BCUT2D eigenvalue weighted by atomic mass is 9.97. The number of phenolic OH excluding ortho intramolecular Hbond substituents is 2. The third-order valence-corrected chi connectivity index (χ3v) is 7.22. The third kappa shape index (κ3) is 5.37. The van der Waals surface area contributed by atoms with Crippen LogP contribution in [0.15, 0.2) is 45.6 Å². The Hall–Kier alpha value is -3.51. The van der Waals surface area contributed by atoms with Gasteiger partial charge in [-0.05, 0) is 31.2 Å². The van der Waals surface area contributed by atoms with Crippen LogP contribution >= 0.6 is 0 Å². The number of fused-ring (bicyclic) bond motifs is 1. The van der Waals surface area contributed by atoms with E-state index in [1.54, 1.807) is 0 Å². The van der Waals surface area contributed by atoms with Crippen LogP contribution in [-0.4, -0.2) is 114 Å². The molecular weight excluding hydrogens is 564 g/mol. The molecular formula is C27H30O15. The Morgan fingerprint density at radius 3 is 2.17 bits per heavy atom. The molecule has 0 saturated carbocycles. The molecule has 15 heteroatoms. The molecule has 1 aromatic heterocycles. The van der Waals surface area contributed by atoms with E-state index in [-0.39, 0.29) is 33.8 Å². The molecule has 2 aliphatic heterocycles. The average Bonchev–Trinajstić information content (AvgIpc) is 2.96. The van der Waals surface area contributed by atoms with Crippen LogP contribution in [0, 0.1) is 0 Å². The van der Waals surface area contributed by atoms with Crippen molar-refractivity contribution in [3.63, 3.8) is 0 Å². The van der Waals surface area contributed by atoms with Crippen molar-refractivity contribution in [3.05, 3.63) is 46.6 Å². The van der Waals surface area contributed by atoms with Crippen molar-refractivity contribution in [3.8, 4) is 34.3 Å². The normalized spacial score (nSPS) is 33.5. The summed E-state index contributed by atoms with van der Waals surface area (Å²) in [5.41, 5.74) is -0.878. The maximum Gasteiger partial charge on any atom is 0.238 e. The summed E-state index contributed by atoms with van der Waals surface area (Å²) in [5.74, 6) is -1.84. The second-order valence-electron chi connectivity index (χ2n) is 10.1. The van der Waals surface area contributed by atoms with E-state index in [0.717, 1.165) is 6.07 Å². The van der Waals surface area contributed by atoms with E-state index in [0.29, 0.717) is 0 Å². The number of rotatable bonds is 6. The lowest BCUT2D eigenvalue weighted by Gasteiger charge is -2.45. The van der Waals surface area contributed by atoms with Crippen LogP contribution in [0.3, 0.4) is 0 Å². The molecule has 42 heavy (non-hydrogen) atoms. The first-order valence-electron chi connectivity index (χ1n) is 12.9. The minimum atomic E-state index is -1.77. The topological polar surface area (TPSA) is 249 Å². The van der Waals surface area contributed by atoms with Crippen LogP contribution in [0.25, 0.3) is 22.3 Å². The summed E-state index contributed by atoms with van der Waals surface area (Å²) < 4.78 is 27.9. The Balaban J connectivity index is 1.37. The van der Waals surface area contributed by atoms with Crippen LogP contribution in [-0.2, 0) is 14.2 Å². The minimum Gasteiger partial charge on any atom is -0.508 e. The molecule has 2 aromatic carbocycles. The average molecular weight is 595 g/mol. The van der Waals surface area contributed by atoms with Gasteiger partial charge in [0.05, 0.1) is 12.7 Å². The Morgan fingerprint density at radius 2 is 1.50 bits per heavy atom. The van der Waals surface area contributed by atoms with E-state index in [1.165, 1.54) is 37.3 Å². The van der Waals surface area contributed by atoms with Gasteiger partial charge in [0.25, 0.3) is 0 Å². The van der Waals surface area contributed by atoms with Gasteiger partial charge < -0.3 is 69.3 Å². The number of aromatic hydroxyl groups is 3. The van der Waals surface area contributed by atoms with Crippen LogP contribution in [0.5, 0.6) is 23.0 Å². The Morgan fingerprint density at radius 1 is 0.833 bits per heavy atom. The van der Waals surface area contributed by atoms with E-state index >= 15 is 0 Å². The second-order valence-corrected chi connectivity index (χ2v) is 10.1. The maximum atomic E-state index is 12.8. The summed E-state index contributed by atoms with van der Waals surface area (Å²) in [6, 6.07) is 7.65. The van der Waals surface area contributed by atoms with Gasteiger partial charge in [0.15, 0.2) is 12.1 Å². The monoisotopic (exact) mass is 594 g/mol. The molecule has 2 saturated heterocycles. The van der Waals surface area contributed by atoms with E-state index in [2.05, 4.69) is 0 Å². The van der Waals surface area contributed by atoms with Crippen LogP contribution in [0.1, 0.15) is 6.92 Å². The molecule has 0 aliphatic carbocycles. The van der Waals surface area contributed by atoms with Crippen molar-refractivity contribution in [1.82, 2.24) is 0 Å². The summed E-state index contributed by atoms with van der Waals surface area (Å²) in [7, 11) is 0. The molecule has 3 heterocycles. The number of hydrogen-bond donors (Lipinski definition) is 9. The largest absolute Gasteiger partial charge is 0.508 e. The summed E-state index contributed by atoms with van der Waals surface area (Å²) in [6.45, 7) is 0.751. The fraction of sp³-hybridized carbons (Fsp3) is 0.444. The molecule has 2 fully saturated rings. The smallest absolute Gasteiger partial charge is 0.238 e. The number of ether oxygens (including phenoxy) is 4. The van der Waals surface area contributed by atoms with E-state index in [4.69, 9.17) is 23.4 Å². The van der Waals surface area contributed by atoms with Crippen molar-refractivity contribution in [2.24, 2.45) is 0 Å². The number of benzene rings is 2. The zero-order chi connectivity index (χ0) is 30.5. The van der Waals surface area contributed by atoms with Gasteiger partial charge in [-0.25, -0.2) is 0 Å². The zero-order valence-corrected chi connectivity index (χ0v) is 21.9. The number of phenols is 2. The van der Waals surface area contributed by atoms with Crippen LogP contribution < -0.4 is 10.2 Å². The highest BCUT2D eigenvalue weighted by molar-refractivity contribution is 5.88. The first kappa shape index (κ1) is 30.0. The van der Waals surface area contributed by atoms with E-state index in [1.807, 2.05) is 0 Å². The predicted molar refractivity (Wildman–Crippen MR) is 139 cm³/mol. The van der Waals surface area contributed by atoms with Crippen molar-refractivity contribution in [2.45, 2.75) is 68.3 Å². The molecule has 9 N–H and O–H groups in total. The highest BCUT2D eigenvalue weighted by atomic mass is 16.7. The number of hydrogen-bond acceptors (Lipinski definition) is 15. The van der Waals surface area contributed by atoms with Gasteiger partial charge in [-0.15, -0.1) is 0 Å². The summed E-state index contributed by atoms with van der Waals surface area (Å²) in [6.07, 6.45) is -15.3. The van der Waals surface area contributed by atoms with Gasteiger partial charge in [0, 0.05) is 17.7 Å². The van der Waals surface area contributed by atoms with Crippen LogP contribution in [0.4, 0.5) is 0 Å². The highest BCUT2D eigenvalue weighted by Gasteiger charge is 2.50. The molecule has 0 unspecified atom stereocenters. The SMILES string of the molecule is C[C@@H]1O[C@@H](Oc2cc(O)c3c(=O)c(O)c(-c4ccc(O)cc4)oc3c2)[C@H](O)[C@H](O)[C@H]1O[C@@H]1O[C@H](CO)[C@H](O)[C@H](O)[C@H]1O. The lowest BCUT2D eigenvalue weighted by molar-refractivity contribution is -0.348. The van der Waals surface area contributed by atoms with Crippen molar-refractivity contribution in [1.29, 1.82) is 0 Å². The van der Waals surface area contributed by atoms with Gasteiger partial charge >= 0.3 is 0 Å². The Bertz CT molecular complexity index is 1470. The quantitative estimate of drug-likeness (QED) is 0.159. The minimum absolute atomic E-state index is 0.0574. The predicted octanol–water partition coefficient (Wildman–Crippen LogP) is -1.39. The first-order chi connectivity index (χ1) is 19.9. The first-order valence-corrected chi connectivity index (χ1v) is 12.9. The molecule has 0 spiro atoms. The molecule has 0 radical (unpaired) electrons. The number of aliphatic hydroxyl groups excluding tert-OH is 6. The second kappa shape index (κ2) is 11.6. The zero-order valence-electron chi connectivity index (χ0n) is 21.9. The van der Waals surface area contributed by atoms with Gasteiger partial charge in [0.1, 0.15) is 70.9 Å². The van der Waals surface area contributed by atoms with Gasteiger partial charge in [-0.1, -0.05) is 0 Å². The Kier molecular flexibility index (Phi) is 8.30. The fourth-order valence-electron chi connectivity index (χ4n) is 4.90. The highest BCUT2D eigenvalue weighted by Crippen LogP contribution is 2.37. The van der Waals surface area contributed by atoms with Gasteiger partial charge in [-0.3, -0.25) is 4.79 Å². The standard InChI is InChI=1S/C27H30O15/c1-9-24(42-27-22(36)19(33)17(31)15(8-28)41-27)21(35)23(37)26(38-9)39-12-6-13(30)16-14(7-12)40-25(20(34)18(16)32)10-2-4-11(29)5-3-10/h2-7,9,15,17,19,21-24,26-31,33-37H,8H2,1H3/t9-,15+,17-,19-,21-,22+,23+,24-,26-,27-/m0/s1. The molecule has 0 amide bonds. The van der Waals surface area contributed by atoms with Gasteiger partial charge in [-0.2, -0.15) is 0 Å². The molecule has 3 aromatic rings. The van der Waals surface area contributed by atoms with Crippen molar-refractivity contribution in [2.75, 3.05) is 6.61 Å². The fourth-order valence-corrected chi connectivity index (χ4v) is 4.90. The van der Waals surface area contributed by atoms with Crippen molar-refractivity contribution < 1.29 is 69.3 Å². The summed E-state index contributed by atoms with van der Waals surface area (Å²) >= 11 is 0. The molecule has 0 bridgehead atoms. The molecule has 5 rings (SSSR count). The maximum absolute atomic E-state index is 12.8. The van der Waals surface area contributed by atoms with Gasteiger partial charge in [0.2, 0.25) is 17.5 Å². The van der Waals surface area contributed by atoms with Crippen LogP contribution in [0.2, 0.25) is 0 Å². The molecule has 228 valence electrons.